The normalized spacial score (nSPS) is 17.8. The van der Waals surface area contributed by atoms with Crippen LogP contribution >= 0.6 is 28.1 Å². The number of nitrogens with one attached hydrogen (secondary N) is 1. The third-order valence-electron chi connectivity index (χ3n) is 6.43. The van der Waals surface area contributed by atoms with Gasteiger partial charge in [0.15, 0.2) is 5.11 Å². The van der Waals surface area contributed by atoms with Crippen molar-refractivity contribution in [3.63, 3.8) is 0 Å². The number of benzene rings is 1. The second kappa shape index (κ2) is 8.96. The Balaban J connectivity index is 1.68. The summed E-state index contributed by atoms with van der Waals surface area (Å²) < 4.78 is 3.30. The number of nitrogens with zero attached hydrogens (tertiary/aromatic N) is 4. The lowest BCUT2D eigenvalue weighted by atomic mass is 9.96. The van der Waals surface area contributed by atoms with Crippen LogP contribution in [-0.4, -0.2) is 19.6 Å². The molecular weight excluding hydrogens is 506 g/mol. The monoisotopic (exact) mass is 531 g/mol. The van der Waals surface area contributed by atoms with Crippen molar-refractivity contribution >= 4 is 38.9 Å². The summed E-state index contributed by atoms with van der Waals surface area (Å²) in [5.41, 5.74) is 7.80. The molecule has 0 amide bonds. The Kier molecular flexibility index (Phi) is 6.00. The summed E-state index contributed by atoms with van der Waals surface area (Å²) >= 11 is 9.53. The number of halogens is 1. The minimum atomic E-state index is -0.0856. The molecule has 0 bridgehead atoms. The molecule has 4 heterocycles. The summed E-state index contributed by atoms with van der Waals surface area (Å²) in [5, 5.41) is 4.26. The van der Waals surface area contributed by atoms with Gasteiger partial charge in [0.2, 0.25) is 0 Å². The first kappa shape index (κ1) is 22.7. The van der Waals surface area contributed by atoms with Gasteiger partial charge in [0.05, 0.1) is 17.8 Å². The Bertz CT molecular complexity index is 1360. The van der Waals surface area contributed by atoms with Crippen LogP contribution in [0.2, 0.25) is 0 Å². The maximum absolute atomic E-state index is 5.90. The number of rotatable bonds is 4. The van der Waals surface area contributed by atoms with E-state index in [4.69, 9.17) is 17.2 Å². The fourth-order valence-corrected chi connectivity index (χ4v) is 5.35. The maximum atomic E-state index is 5.90. The molecule has 0 saturated carbocycles. The van der Waals surface area contributed by atoms with Gasteiger partial charge in [-0.1, -0.05) is 28.1 Å². The smallest absolute Gasteiger partial charge is 0.174 e. The number of aromatic nitrogens is 3. The number of pyridine rings is 2. The van der Waals surface area contributed by atoms with Gasteiger partial charge in [-0.3, -0.25) is 4.98 Å². The van der Waals surface area contributed by atoms with Gasteiger partial charge in [-0.15, -0.1) is 0 Å². The van der Waals surface area contributed by atoms with E-state index in [9.17, 15) is 0 Å². The highest BCUT2D eigenvalue weighted by Crippen LogP contribution is 2.44. The van der Waals surface area contributed by atoms with E-state index in [-0.39, 0.29) is 12.1 Å². The molecule has 0 unspecified atom stereocenters. The lowest BCUT2D eigenvalue weighted by molar-refractivity contribution is 0.565. The maximum Gasteiger partial charge on any atom is 0.174 e. The van der Waals surface area contributed by atoms with Crippen molar-refractivity contribution < 1.29 is 0 Å². The highest BCUT2D eigenvalue weighted by Gasteiger charge is 2.42. The summed E-state index contributed by atoms with van der Waals surface area (Å²) in [4.78, 5) is 11.6. The van der Waals surface area contributed by atoms with Crippen LogP contribution in [0.1, 0.15) is 45.9 Å². The zero-order valence-corrected chi connectivity index (χ0v) is 22.0. The number of anilines is 1. The molecule has 1 N–H and O–H groups in total. The third-order valence-corrected chi connectivity index (χ3v) is 7.64. The number of hydrogen-bond donors (Lipinski definition) is 1. The Hall–Kier alpha value is -3.03. The van der Waals surface area contributed by atoms with Crippen LogP contribution in [0.3, 0.4) is 0 Å². The van der Waals surface area contributed by atoms with Crippen LogP contribution in [0.25, 0.3) is 5.82 Å². The van der Waals surface area contributed by atoms with Gasteiger partial charge in [0.1, 0.15) is 5.82 Å². The first-order valence-electron chi connectivity index (χ1n) is 11.2. The predicted molar refractivity (Wildman–Crippen MR) is 145 cm³/mol. The Morgan fingerprint density at radius 2 is 1.79 bits per heavy atom. The average molecular weight is 533 g/mol. The minimum absolute atomic E-state index is 0.0617. The van der Waals surface area contributed by atoms with Gasteiger partial charge in [-0.2, -0.15) is 0 Å². The molecule has 1 aliphatic heterocycles. The Labute approximate surface area is 214 Å². The molecule has 0 radical (unpaired) electrons. The van der Waals surface area contributed by atoms with Crippen LogP contribution < -0.4 is 10.2 Å². The lowest BCUT2D eigenvalue weighted by Crippen LogP contribution is -2.29. The standard InChI is InChI=1S/C27H26BrN5S/c1-16-8-11-24(30-15-16)32-18(3)14-21(19(32)4)26-25(23-7-5-6-12-29-23)31-27(34)33(26)20-9-10-22(28)17(2)13-20/h5-15,25-26H,1-4H3,(H,31,34)/t25-,26-/m0/s1. The number of thiocarbonyl (C=S) groups is 1. The van der Waals surface area contributed by atoms with Gasteiger partial charge in [-0.05, 0) is 99.1 Å². The topological polar surface area (TPSA) is 46.0 Å². The molecule has 7 heteroatoms. The van der Waals surface area contributed by atoms with Crippen molar-refractivity contribution in [1.82, 2.24) is 19.9 Å². The molecule has 4 aromatic rings. The fourth-order valence-electron chi connectivity index (χ4n) is 4.76. The highest BCUT2D eigenvalue weighted by molar-refractivity contribution is 9.10. The summed E-state index contributed by atoms with van der Waals surface area (Å²) in [6.45, 7) is 8.44. The van der Waals surface area contributed by atoms with Crippen LogP contribution in [0.15, 0.2) is 71.5 Å². The van der Waals surface area contributed by atoms with E-state index in [1.54, 1.807) is 0 Å². The SMILES string of the molecule is Cc1ccc(-n2c(C)cc([C@H]3[C@H](c4ccccn4)NC(=S)N3c3ccc(Br)c(C)c3)c2C)nc1. The molecule has 1 saturated heterocycles. The fraction of sp³-hybridized carbons (Fsp3) is 0.222. The van der Waals surface area contributed by atoms with Crippen molar-refractivity contribution in [3.8, 4) is 5.82 Å². The first-order chi connectivity index (χ1) is 16.3. The summed E-state index contributed by atoms with van der Waals surface area (Å²) in [6.07, 6.45) is 3.75. The summed E-state index contributed by atoms with van der Waals surface area (Å²) in [5.74, 6) is 0.917. The van der Waals surface area contributed by atoms with E-state index in [1.165, 1.54) is 5.56 Å². The Morgan fingerprint density at radius 1 is 0.971 bits per heavy atom. The third kappa shape index (κ3) is 3.93. The van der Waals surface area contributed by atoms with Gasteiger partial charge < -0.3 is 14.8 Å². The molecule has 5 rings (SSSR count). The first-order valence-corrected chi connectivity index (χ1v) is 12.4. The van der Waals surface area contributed by atoms with E-state index in [0.717, 1.165) is 44.2 Å². The zero-order valence-electron chi connectivity index (χ0n) is 19.6. The molecule has 1 aliphatic rings. The van der Waals surface area contributed by atoms with Gasteiger partial charge in [0, 0.05) is 33.9 Å². The van der Waals surface area contributed by atoms with Gasteiger partial charge in [0.25, 0.3) is 0 Å². The quantitative estimate of drug-likeness (QED) is 0.307. The molecule has 2 atom stereocenters. The van der Waals surface area contributed by atoms with Gasteiger partial charge >= 0.3 is 0 Å². The average Bonchev–Trinajstić information content (AvgIpc) is 3.32. The molecule has 1 fully saturated rings. The number of hydrogen-bond acceptors (Lipinski definition) is 3. The van der Waals surface area contributed by atoms with E-state index in [2.05, 4.69) is 106 Å². The molecule has 0 aliphatic carbocycles. The summed E-state index contributed by atoms with van der Waals surface area (Å²) in [7, 11) is 0. The second-order valence-electron chi connectivity index (χ2n) is 8.79. The second-order valence-corrected chi connectivity index (χ2v) is 10.0. The van der Waals surface area contributed by atoms with Crippen molar-refractivity contribution in [2.45, 2.75) is 39.8 Å². The van der Waals surface area contributed by atoms with Crippen molar-refractivity contribution in [2.24, 2.45) is 0 Å². The highest BCUT2D eigenvalue weighted by atomic mass is 79.9. The van der Waals surface area contributed by atoms with Gasteiger partial charge in [-0.25, -0.2) is 4.98 Å². The molecule has 5 nitrogen and oxygen atoms in total. The summed E-state index contributed by atoms with van der Waals surface area (Å²) in [6, 6.07) is 18.7. The van der Waals surface area contributed by atoms with Crippen LogP contribution in [-0.2, 0) is 0 Å². The number of aryl methyl sites for hydroxylation is 3. The van der Waals surface area contributed by atoms with E-state index < -0.39 is 0 Å². The van der Waals surface area contributed by atoms with E-state index in [0.29, 0.717) is 5.11 Å². The van der Waals surface area contributed by atoms with E-state index >= 15 is 0 Å². The van der Waals surface area contributed by atoms with Crippen molar-refractivity contribution in [3.05, 3.63) is 105 Å². The van der Waals surface area contributed by atoms with Crippen LogP contribution in [0.5, 0.6) is 0 Å². The molecule has 172 valence electrons. The van der Waals surface area contributed by atoms with Crippen LogP contribution in [0, 0.1) is 27.7 Å². The molecule has 1 aromatic carbocycles. The van der Waals surface area contributed by atoms with Crippen LogP contribution in [0.4, 0.5) is 5.69 Å². The molecule has 3 aromatic heterocycles. The van der Waals surface area contributed by atoms with Crippen molar-refractivity contribution in [1.29, 1.82) is 0 Å². The molecule has 0 spiro atoms. The molecular formula is C27H26BrN5S. The Morgan fingerprint density at radius 3 is 2.47 bits per heavy atom. The lowest BCUT2D eigenvalue weighted by Gasteiger charge is -2.28. The predicted octanol–water partition coefficient (Wildman–Crippen LogP) is 6.44. The minimum Gasteiger partial charge on any atom is -0.351 e. The van der Waals surface area contributed by atoms with Crippen molar-refractivity contribution in [2.75, 3.05) is 4.90 Å². The van der Waals surface area contributed by atoms with E-state index in [1.807, 2.05) is 24.5 Å². The largest absolute Gasteiger partial charge is 0.351 e. The zero-order chi connectivity index (χ0) is 24.0. The molecule has 34 heavy (non-hydrogen) atoms.